The van der Waals surface area contributed by atoms with E-state index >= 15 is 0 Å². The Morgan fingerprint density at radius 2 is 2.06 bits per heavy atom. The zero-order chi connectivity index (χ0) is 11.9. The normalized spacial score (nSPS) is 25.4. The van der Waals surface area contributed by atoms with Crippen molar-refractivity contribution in [2.24, 2.45) is 4.99 Å². The molecule has 0 N–H and O–H groups in total. The summed E-state index contributed by atoms with van der Waals surface area (Å²) in [5.74, 6) is 0. The first-order valence-electron chi connectivity index (χ1n) is 6.27. The highest BCUT2D eigenvalue weighted by molar-refractivity contribution is 5.96. The molecule has 4 heteroatoms. The van der Waals surface area contributed by atoms with Crippen LogP contribution in [0.5, 0.6) is 0 Å². The molecule has 2 heterocycles. The molecule has 0 amide bonds. The molecule has 0 aliphatic carbocycles. The quantitative estimate of drug-likeness (QED) is 0.664. The van der Waals surface area contributed by atoms with E-state index in [1.165, 1.54) is 0 Å². The molecule has 1 fully saturated rings. The van der Waals surface area contributed by atoms with Crippen molar-refractivity contribution in [1.82, 2.24) is 9.80 Å². The fourth-order valence-electron chi connectivity index (χ4n) is 2.09. The molecule has 2 aliphatic heterocycles. The fraction of sp³-hybridized carbons (Fsp3) is 0.692. The average molecular weight is 235 g/mol. The summed E-state index contributed by atoms with van der Waals surface area (Å²) >= 11 is 0. The Morgan fingerprint density at radius 1 is 1.29 bits per heavy atom. The third-order valence-electron chi connectivity index (χ3n) is 3.23. The molecule has 0 saturated carbocycles. The van der Waals surface area contributed by atoms with E-state index < -0.39 is 0 Å². The zero-order valence-electron chi connectivity index (χ0n) is 10.6. The van der Waals surface area contributed by atoms with Gasteiger partial charge in [-0.15, -0.1) is 5.73 Å². The summed E-state index contributed by atoms with van der Waals surface area (Å²) in [6.45, 7) is 8.00. The Labute approximate surface area is 103 Å². The number of ether oxygens (including phenoxy) is 1. The Bertz CT molecular complexity index is 326. The minimum atomic E-state index is 0.878. The smallest absolute Gasteiger partial charge is 0.0594 e. The van der Waals surface area contributed by atoms with E-state index in [1.54, 1.807) is 0 Å². The van der Waals surface area contributed by atoms with Crippen LogP contribution in [0.1, 0.15) is 0 Å². The highest BCUT2D eigenvalue weighted by Crippen LogP contribution is 2.00. The fourth-order valence-corrected chi connectivity index (χ4v) is 2.09. The second-order valence-corrected chi connectivity index (χ2v) is 4.42. The summed E-state index contributed by atoms with van der Waals surface area (Å²) in [4.78, 5) is 9.13. The van der Waals surface area contributed by atoms with Gasteiger partial charge in [0.15, 0.2) is 0 Å². The van der Waals surface area contributed by atoms with Gasteiger partial charge in [-0.1, -0.05) is 0 Å². The highest BCUT2D eigenvalue weighted by atomic mass is 16.5. The largest absolute Gasteiger partial charge is 0.379 e. The lowest BCUT2D eigenvalue weighted by atomic mass is 10.3. The lowest BCUT2D eigenvalue weighted by Crippen LogP contribution is -2.42. The molecule has 0 spiro atoms. The van der Waals surface area contributed by atoms with Gasteiger partial charge in [0.2, 0.25) is 0 Å². The van der Waals surface area contributed by atoms with Crippen molar-refractivity contribution >= 4 is 5.71 Å². The van der Waals surface area contributed by atoms with Crippen LogP contribution in [0.15, 0.2) is 22.9 Å². The minimum absolute atomic E-state index is 0.878. The number of rotatable bonds is 3. The molecule has 0 radical (unpaired) electrons. The van der Waals surface area contributed by atoms with Crippen molar-refractivity contribution in [3.8, 4) is 0 Å². The molecule has 2 aliphatic rings. The Balaban J connectivity index is 1.77. The second kappa shape index (κ2) is 6.72. The number of nitrogens with zero attached hydrogens (tertiary/aromatic N) is 3. The van der Waals surface area contributed by atoms with E-state index in [0.717, 1.165) is 58.2 Å². The van der Waals surface area contributed by atoms with Crippen LogP contribution >= 0.6 is 0 Å². The van der Waals surface area contributed by atoms with Gasteiger partial charge in [0.25, 0.3) is 0 Å². The molecule has 0 aromatic heterocycles. The molecule has 4 nitrogen and oxygen atoms in total. The molecule has 17 heavy (non-hydrogen) atoms. The molecule has 0 unspecified atom stereocenters. The third kappa shape index (κ3) is 4.10. The summed E-state index contributed by atoms with van der Waals surface area (Å²) in [5, 5.41) is 0. The maximum Gasteiger partial charge on any atom is 0.0594 e. The van der Waals surface area contributed by atoms with Crippen LogP contribution in [0.3, 0.4) is 0 Å². The molecular weight excluding hydrogens is 214 g/mol. The van der Waals surface area contributed by atoms with Gasteiger partial charge in [-0.25, -0.2) is 0 Å². The van der Waals surface area contributed by atoms with Crippen LogP contribution in [-0.4, -0.2) is 75.0 Å². The van der Waals surface area contributed by atoms with E-state index in [0.29, 0.717) is 0 Å². The van der Waals surface area contributed by atoms with Crippen LogP contribution in [0.2, 0.25) is 0 Å². The van der Waals surface area contributed by atoms with Crippen molar-refractivity contribution in [2.45, 2.75) is 0 Å². The molecular formula is C13H21N3O. The zero-order valence-corrected chi connectivity index (χ0v) is 10.6. The second-order valence-electron chi connectivity index (χ2n) is 4.42. The van der Waals surface area contributed by atoms with Gasteiger partial charge in [-0.2, -0.15) is 0 Å². The molecule has 1 saturated heterocycles. The first-order valence-corrected chi connectivity index (χ1v) is 6.27. The van der Waals surface area contributed by atoms with Gasteiger partial charge in [0.05, 0.1) is 18.9 Å². The lowest BCUT2D eigenvalue weighted by Gasteiger charge is -2.29. The standard InChI is InChI=1S/C13H21N3O/c1-14-13-4-2-3-5-16(12-13)7-6-15-8-10-17-11-9-15/h3-4H,5-12H2,1H3. The van der Waals surface area contributed by atoms with Crippen LogP contribution in [-0.2, 0) is 4.74 Å². The maximum absolute atomic E-state index is 5.35. The van der Waals surface area contributed by atoms with E-state index in [-0.39, 0.29) is 0 Å². The van der Waals surface area contributed by atoms with E-state index in [9.17, 15) is 0 Å². The van der Waals surface area contributed by atoms with Crippen LogP contribution in [0.25, 0.3) is 0 Å². The Hall–Kier alpha value is -0.930. The average Bonchev–Trinajstić information content (AvgIpc) is 2.62. The van der Waals surface area contributed by atoms with Crippen molar-refractivity contribution in [1.29, 1.82) is 0 Å². The van der Waals surface area contributed by atoms with Crippen molar-refractivity contribution in [2.75, 3.05) is 59.5 Å². The lowest BCUT2D eigenvalue weighted by molar-refractivity contribution is 0.0345. The topological polar surface area (TPSA) is 28.1 Å². The number of hydrogen-bond acceptors (Lipinski definition) is 4. The number of morpholine rings is 1. The van der Waals surface area contributed by atoms with Gasteiger partial charge in [-0.05, 0) is 6.08 Å². The number of aliphatic imine (C=N–C) groups is 1. The van der Waals surface area contributed by atoms with Crippen molar-refractivity contribution in [3.05, 3.63) is 17.9 Å². The Morgan fingerprint density at radius 3 is 2.82 bits per heavy atom. The Kier molecular flexibility index (Phi) is 4.95. The molecule has 0 bridgehead atoms. The minimum Gasteiger partial charge on any atom is -0.379 e. The first-order chi connectivity index (χ1) is 8.38. The van der Waals surface area contributed by atoms with Crippen LogP contribution < -0.4 is 0 Å². The van der Waals surface area contributed by atoms with Crippen LogP contribution in [0, 0.1) is 0 Å². The van der Waals surface area contributed by atoms with Gasteiger partial charge in [0.1, 0.15) is 0 Å². The van der Waals surface area contributed by atoms with Crippen molar-refractivity contribution < 1.29 is 4.74 Å². The predicted molar refractivity (Wildman–Crippen MR) is 69.7 cm³/mol. The predicted octanol–water partition coefficient (Wildman–Crippen LogP) is 0.416. The molecule has 2 rings (SSSR count). The summed E-state index contributed by atoms with van der Waals surface area (Å²) in [5.41, 5.74) is 4.27. The molecule has 0 aromatic carbocycles. The first kappa shape index (κ1) is 12.5. The number of hydrogen-bond donors (Lipinski definition) is 0. The maximum atomic E-state index is 5.35. The van der Waals surface area contributed by atoms with Gasteiger partial charge in [0, 0.05) is 52.4 Å². The highest BCUT2D eigenvalue weighted by Gasteiger charge is 2.13. The SMILES string of the molecule is CN=C1C=C=CCN(CCN2CCOCC2)C1. The van der Waals surface area contributed by atoms with Crippen LogP contribution in [0.4, 0.5) is 0 Å². The monoisotopic (exact) mass is 235 g/mol. The van der Waals surface area contributed by atoms with Gasteiger partial charge in [-0.3, -0.25) is 14.8 Å². The van der Waals surface area contributed by atoms with Gasteiger partial charge >= 0.3 is 0 Å². The third-order valence-corrected chi connectivity index (χ3v) is 3.23. The summed E-state index contributed by atoms with van der Waals surface area (Å²) < 4.78 is 5.35. The molecule has 94 valence electrons. The summed E-state index contributed by atoms with van der Waals surface area (Å²) in [7, 11) is 1.85. The van der Waals surface area contributed by atoms with E-state index in [4.69, 9.17) is 4.74 Å². The molecule has 0 aromatic rings. The molecule has 0 atom stereocenters. The summed E-state index contributed by atoms with van der Waals surface area (Å²) in [6, 6.07) is 0. The van der Waals surface area contributed by atoms with Gasteiger partial charge < -0.3 is 4.74 Å². The van der Waals surface area contributed by atoms with Crippen molar-refractivity contribution in [3.63, 3.8) is 0 Å². The summed E-state index contributed by atoms with van der Waals surface area (Å²) in [6.07, 6.45) is 4.06. The van der Waals surface area contributed by atoms with E-state index in [2.05, 4.69) is 26.6 Å². The van der Waals surface area contributed by atoms with E-state index in [1.807, 2.05) is 13.1 Å².